The normalized spacial score (nSPS) is 21.8. The van der Waals surface area contributed by atoms with Crippen LogP contribution in [0.5, 0.6) is 11.5 Å². The maximum Gasteiger partial charge on any atom is 0.343 e. The quantitative estimate of drug-likeness (QED) is 0.0247. The topological polar surface area (TPSA) is 226 Å². The molecule has 0 unspecified atom stereocenters. The van der Waals surface area contributed by atoms with Crippen molar-refractivity contribution in [1.29, 1.82) is 0 Å². The summed E-state index contributed by atoms with van der Waals surface area (Å²) in [4.78, 5) is 93.5. The third kappa shape index (κ3) is 13.4. The summed E-state index contributed by atoms with van der Waals surface area (Å²) in [5.41, 5.74) is -4.24. The number of unbranched alkanes of at least 4 members (excludes halogenated alkanes) is 5. The first-order valence-corrected chi connectivity index (χ1v) is 23.4. The number of Topliss-reactive ketones (excluding diaryl/α,β-unsaturated/α-hetero) is 3. The predicted octanol–water partition coefficient (Wildman–Crippen LogP) is 8.47. The number of ketones is 4. The van der Waals surface area contributed by atoms with Crippen molar-refractivity contribution >= 4 is 41.0 Å². The number of aryl methyl sites for hydroxylation is 1. The number of carbonyl (C=O) groups is 7. The Labute approximate surface area is 402 Å². The van der Waals surface area contributed by atoms with E-state index in [9.17, 15) is 48.9 Å². The molecule has 0 saturated heterocycles. The number of benzene rings is 1. The molecule has 15 nitrogen and oxygen atoms in total. The molecule has 0 radical (unpaired) electrons. The maximum atomic E-state index is 14.4. The van der Waals surface area contributed by atoms with E-state index in [4.69, 9.17) is 23.7 Å². The summed E-state index contributed by atoms with van der Waals surface area (Å²) in [6.07, 6.45) is 25.6. The molecule has 0 amide bonds. The molecule has 1 aromatic rings. The summed E-state index contributed by atoms with van der Waals surface area (Å²) >= 11 is 0. The molecule has 2 aliphatic heterocycles. The van der Waals surface area contributed by atoms with Crippen molar-refractivity contribution < 1.29 is 72.6 Å². The number of phenolic OH excluding ortho intramolecular Hbond substituents is 2. The first kappa shape index (κ1) is 53.1. The van der Waals surface area contributed by atoms with Gasteiger partial charge in [0.2, 0.25) is 34.3 Å². The first-order valence-electron chi connectivity index (χ1n) is 23.4. The van der Waals surface area contributed by atoms with E-state index < -0.39 is 64.1 Å². The van der Waals surface area contributed by atoms with Gasteiger partial charge in [0.05, 0.1) is 11.7 Å². The van der Waals surface area contributed by atoms with Crippen LogP contribution in [0.15, 0.2) is 119 Å². The number of aliphatic hydroxyl groups is 1. The van der Waals surface area contributed by atoms with Gasteiger partial charge in [-0.1, -0.05) is 62.6 Å². The highest BCUT2D eigenvalue weighted by Crippen LogP contribution is 2.39. The third-order valence-corrected chi connectivity index (χ3v) is 12.1. The van der Waals surface area contributed by atoms with Crippen LogP contribution in [0.2, 0.25) is 0 Å². The van der Waals surface area contributed by atoms with Gasteiger partial charge in [0.15, 0.2) is 0 Å². The maximum absolute atomic E-state index is 14.4. The van der Waals surface area contributed by atoms with Crippen molar-refractivity contribution in [3.05, 3.63) is 130 Å². The number of aromatic hydroxyl groups is 2. The molecular formula is C54H62O15. The minimum atomic E-state index is -2.30. The molecule has 0 spiro atoms. The fourth-order valence-electron chi connectivity index (χ4n) is 8.14. The third-order valence-electron chi connectivity index (χ3n) is 12.1. The molecule has 3 N–H and O–H groups in total. The van der Waals surface area contributed by atoms with Gasteiger partial charge in [-0.05, 0) is 120 Å². The van der Waals surface area contributed by atoms with Crippen molar-refractivity contribution in [3.63, 3.8) is 0 Å². The molecular weight excluding hydrogens is 889 g/mol. The Bertz CT molecular complexity index is 2480. The van der Waals surface area contributed by atoms with Gasteiger partial charge < -0.3 is 39.0 Å². The zero-order valence-electron chi connectivity index (χ0n) is 40.1. The SMILES string of the molecule is CC[C@@H](O)CC/C=C\C/C=C\CCCCCCCC(=O)O[C@@]1(C)C(=O)C2=C(C=C(C[C@H](C)OC(C)=O)OC2)/C(=C\C=C\C2=CC3=CC(=O)[C@](C)(OC(=O)c4c(C)cc(O)cc4O)C(=O)C3=CO2)C1=O. The summed E-state index contributed by atoms with van der Waals surface area (Å²) in [7, 11) is 0. The molecule has 4 aliphatic rings. The fraction of sp³-hybridized carbons (Fsp3) is 0.426. The van der Waals surface area contributed by atoms with Gasteiger partial charge in [-0.2, -0.15) is 0 Å². The number of rotatable bonds is 22. The van der Waals surface area contributed by atoms with Crippen LogP contribution in [0.1, 0.15) is 128 Å². The zero-order chi connectivity index (χ0) is 50.5. The summed E-state index contributed by atoms with van der Waals surface area (Å²) in [5, 5.41) is 29.7. The van der Waals surface area contributed by atoms with Crippen molar-refractivity contribution in [2.75, 3.05) is 6.61 Å². The second kappa shape index (κ2) is 23.9. The molecule has 0 aromatic heterocycles. The first-order chi connectivity index (χ1) is 32.8. The van der Waals surface area contributed by atoms with Crippen molar-refractivity contribution in [2.24, 2.45) is 0 Å². The van der Waals surface area contributed by atoms with Gasteiger partial charge in [-0.25, -0.2) is 4.79 Å². The van der Waals surface area contributed by atoms with Crippen molar-refractivity contribution in [3.8, 4) is 11.5 Å². The molecule has 368 valence electrons. The van der Waals surface area contributed by atoms with E-state index in [2.05, 4.69) is 24.3 Å². The molecule has 0 bridgehead atoms. The second-order valence-electron chi connectivity index (χ2n) is 17.7. The number of phenols is 2. The summed E-state index contributed by atoms with van der Waals surface area (Å²) in [6.45, 7) is 8.50. The average molecular weight is 951 g/mol. The van der Waals surface area contributed by atoms with E-state index >= 15 is 0 Å². The Balaban J connectivity index is 1.26. The molecule has 0 saturated carbocycles. The van der Waals surface area contributed by atoms with Crippen LogP contribution in [0.25, 0.3) is 0 Å². The summed E-state index contributed by atoms with van der Waals surface area (Å²) < 4.78 is 28.0. The summed E-state index contributed by atoms with van der Waals surface area (Å²) in [6, 6.07) is 2.14. The van der Waals surface area contributed by atoms with E-state index in [0.717, 1.165) is 83.1 Å². The molecule has 5 rings (SSSR count). The largest absolute Gasteiger partial charge is 0.508 e. The predicted molar refractivity (Wildman–Crippen MR) is 253 cm³/mol. The summed E-state index contributed by atoms with van der Waals surface area (Å²) in [5.74, 6) is -6.00. The van der Waals surface area contributed by atoms with Crippen LogP contribution < -0.4 is 0 Å². The molecule has 1 aromatic carbocycles. The van der Waals surface area contributed by atoms with Crippen LogP contribution in [0.3, 0.4) is 0 Å². The van der Waals surface area contributed by atoms with Crippen LogP contribution in [-0.2, 0) is 52.5 Å². The number of hydrogen-bond donors (Lipinski definition) is 3. The highest BCUT2D eigenvalue weighted by molar-refractivity contribution is 6.29. The lowest BCUT2D eigenvalue weighted by Crippen LogP contribution is -2.53. The molecule has 0 fully saturated rings. The number of hydrogen-bond acceptors (Lipinski definition) is 15. The van der Waals surface area contributed by atoms with Crippen LogP contribution in [-0.4, -0.2) is 86.4 Å². The molecule has 4 atom stereocenters. The van der Waals surface area contributed by atoms with E-state index in [1.165, 1.54) is 57.2 Å². The van der Waals surface area contributed by atoms with Crippen molar-refractivity contribution in [2.45, 2.75) is 142 Å². The Morgan fingerprint density at radius 2 is 1.58 bits per heavy atom. The van der Waals surface area contributed by atoms with Gasteiger partial charge in [0.25, 0.3) is 0 Å². The fourth-order valence-corrected chi connectivity index (χ4v) is 8.14. The average Bonchev–Trinajstić information content (AvgIpc) is 3.28. The Kier molecular flexibility index (Phi) is 18.4. The standard InChI is InChI=1S/C54H62O15/c1-7-37(56)21-18-16-14-12-10-8-9-11-13-15-17-19-24-47(60)68-54(6)49(61)41(42-30-40(26-34(3)67-35(4)55)66-32-44(42)51(54)63)23-20-22-39-27-36-28-46(59)53(5,50(62)43(36)31-65-39)69-52(64)48-33(2)25-38(57)29-45(48)58/h8,10,14,16,20,22-23,25,27-31,34,37,56-58H,7,9,11-13,15,17-19,21,24,26,32H2,1-6H3/b10-8-,16-14-,22-20+,41-23+/t34-,37+,53-,54+/m0/s1. The van der Waals surface area contributed by atoms with E-state index in [-0.39, 0.29) is 76.1 Å². The second-order valence-corrected chi connectivity index (χ2v) is 17.7. The monoisotopic (exact) mass is 950 g/mol. The van der Waals surface area contributed by atoms with Gasteiger partial charge in [0.1, 0.15) is 47.6 Å². The van der Waals surface area contributed by atoms with Gasteiger partial charge in [0, 0.05) is 37.0 Å². The number of aliphatic hydroxyl groups excluding tert-OH is 1. The lowest BCUT2D eigenvalue weighted by atomic mass is 9.75. The lowest BCUT2D eigenvalue weighted by Gasteiger charge is -2.35. The van der Waals surface area contributed by atoms with Gasteiger partial charge in [-0.15, -0.1) is 0 Å². The van der Waals surface area contributed by atoms with Gasteiger partial charge in [-0.3, -0.25) is 28.8 Å². The van der Waals surface area contributed by atoms with Crippen molar-refractivity contribution in [1.82, 2.24) is 0 Å². The smallest absolute Gasteiger partial charge is 0.343 e. The Morgan fingerprint density at radius 3 is 2.29 bits per heavy atom. The minimum Gasteiger partial charge on any atom is -0.508 e. The van der Waals surface area contributed by atoms with Crippen LogP contribution in [0.4, 0.5) is 0 Å². The van der Waals surface area contributed by atoms with E-state index in [1.54, 1.807) is 6.92 Å². The number of ether oxygens (including phenoxy) is 5. The minimum absolute atomic E-state index is 0.00222. The highest BCUT2D eigenvalue weighted by atomic mass is 16.6. The number of esters is 3. The van der Waals surface area contributed by atoms with Gasteiger partial charge >= 0.3 is 17.9 Å². The zero-order valence-corrected chi connectivity index (χ0v) is 40.1. The Morgan fingerprint density at radius 1 is 0.870 bits per heavy atom. The molecule has 2 aliphatic carbocycles. The highest BCUT2D eigenvalue weighted by Gasteiger charge is 2.53. The molecule has 2 heterocycles. The molecule has 15 heteroatoms. The van der Waals surface area contributed by atoms with E-state index in [1.807, 2.05) is 6.92 Å². The number of carbonyl (C=O) groups excluding carboxylic acids is 7. The molecule has 69 heavy (non-hydrogen) atoms. The number of allylic oxidation sites excluding steroid dienone is 11. The van der Waals surface area contributed by atoms with Crippen LogP contribution in [0, 0.1) is 6.92 Å². The lowest BCUT2D eigenvalue weighted by molar-refractivity contribution is -0.169. The van der Waals surface area contributed by atoms with E-state index in [0.29, 0.717) is 12.2 Å². The number of fused-ring (bicyclic) bond motifs is 1. The Hall–Kier alpha value is -6.87. The van der Waals surface area contributed by atoms with Crippen LogP contribution >= 0.6 is 0 Å².